The molecule has 1 amide bonds. The molecular formula is C19H30N2O3. The van der Waals surface area contributed by atoms with Crippen molar-refractivity contribution in [2.75, 3.05) is 27.3 Å². The molecule has 0 spiro atoms. The Morgan fingerprint density at radius 2 is 1.79 bits per heavy atom. The average Bonchev–Trinajstić information content (AvgIpc) is 2.60. The lowest BCUT2D eigenvalue weighted by molar-refractivity contribution is -0.137. The van der Waals surface area contributed by atoms with Gasteiger partial charge in [0.1, 0.15) is 0 Å². The molecule has 1 heterocycles. The fraction of sp³-hybridized carbons (Fsp3) is 0.632. The van der Waals surface area contributed by atoms with E-state index >= 15 is 0 Å². The monoisotopic (exact) mass is 334 g/mol. The normalized spacial score (nSPS) is 17.5. The Labute approximate surface area is 145 Å². The molecule has 5 heteroatoms. The first-order chi connectivity index (χ1) is 11.3. The number of hydrogen-bond acceptors (Lipinski definition) is 4. The summed E-state index contributed by atoms with van der Waals surface area (Å²) in [7, 11) is 3.21. The minimum Gasteiger partial charge on any atom is -0.493 e. The van der Waals surface area contributed by atoms with Gasteiger partial charge >= 0.3 is 0 Å². The third-order valence-corrected chi connectivity index (χ3v) is 5.21. The number of rotatable bonds is 5. The maximum Gasteiger partial charge on any atom is 0.232 e. The van der Waals surface area contributed by atoms with E-state index in [1.165, 1.54) is 0 Å². The van der Waals surface area contributed by atoms with Crippen LogP contribution < -0.4 is 15.2 Å². The molecule has 0 aromatic heterocycles. The Bertz CT molecular complexity index is 576. The zero-order chi connectivity index (χ0) is 17.9. The lowest BCUT2D eigenvalue weighted by Gasteiger charge is -2.38. The highest BCUT2D eigenvalue weighted by molar-refractivity contribution is 5.87. The van der Waals surface area contributed by atoms with Gasteiger partial charge in [0.2, 0.25) is 5.91 Å². The van der Waals surface area contributed by atoms with Crippen molar-refractivity contribution >= 4 is 5.91 Å². The minimum absolute atomic E-state index is 0.151. The first-order valence-electron chi connectivity index (χ1n) is 8.58. The van der Waals surface area contributed by atoms with Crippen LogP contribution in [0.3, 0.4) is 0 Å². The molecule has 2 N–H and O–H groups in total. The molecular weight excluding hydrogens is 304 g/mol. The van der Waals surface area contributed by atoms with E-state index in [0.717, 1.165) is 31.5 Å². The van der Waals surface area contributed by atoms with Crippen LogP contribution in [0, 0.1) is 5.92 Å². The van der Waals surface area contributed by atoms with Gasteiger partial charge in [-0.1, -0.05) is 6.07 Å². The second-order valence-electron chi connectivity index (χ2n) is 7.18. The van der Waals surface area contributed by atoms with Crippen molar-refractivity contribution < 1.29 is 14.3 Å². The smallest absolute Gasteiger partial charge is 0.232 e. The van der Waals surface area contributed by atoms with E-state index in [4.69, 9.17) is 15.2 Å². The van der Waals surface area contributed by atoms with Crippen molar-refractivity contribution in [2.45, 2.75) is 45.1 Å². The van der Waals surface area contributed by atoms with Gasteiger partial charge in [0.15, 0.2) is 11.5 Å². The number of methoxy groups -OCH3 is 2. The molecule has 1 saturated heterocycles. The molecule has 1 aliphatic rings. The Kier molecular flexibility index (Phi) is 5.75. The second kappa shape index (κ2) is 7.43. The van der Waals surface area contributed by atoms with Crippen LogP contribution in [-0.4, -0.2) is 44.2 Å². The largest absolute Gasteiger partial charge is 0.493 e. The fourth-order valence-corrected chi connectivity index (χ4v) is 3.37. The second-order valence-corrected chi connectivity index (χ2v) is 7.18. The maximum absolute atomic E-state index is 13.1. The number of hydrogen-bond donors (Lipinski definition) is 1. The molecule has 0 radical (unpaired) electrons. The van der Waals surface area contributed by atoms with E-state index in [2.05, 4.69) is 6.92 Å². The van der Waals surface area contributed by atoms with Crippen LogP contribution in [0.15, 0.2) is 18.2 Å². The third-order valence-electron chi connectivity index (χ3n) is 5.21. The summed E-state index contributed by atoms with van der Waals surface area (Å²) in [6.45, 7) is 7.54. The van der Waals surface area contributed by atoms with Crippen molar-refractivity contribution in [2.24, 2.45) is 11.7 Å². The van der Waals surface area contributed by atoms with Gasteiger partial charge in [-0.2, -0.15) is 0 Å². The summed E-state index contributed by atoms with van der Waals surface area (Å²) in [5, 5.41) is 0. The summed E-state index contributed by atoms with van der Waals surface area (Å²) in [5.74, 6) is 1.98. The van der Waals surface area contributed by atoms with Gasteiger partial charge in [-0.3, -0.25) is 4.79 Å². The van der Waals surface area contributed by atoms with Crippen molar-refractivity contribution in [1.29, 1.82) is 0 Å². The zero-order valence-corrected chi connectivity index (χ0v) is 15.5. The van der Waals surface area contributed by atoms with Gasteiger partial charge < -0.3 is 20.1 Å². The Hall–Kier alpha value is -1.75. The van der Waals surface area contributed by atoms with Gasteiger partial charge in [-0.05, 0) is 57.2 Å². The standard InChI is InChI=1S/C19H30N2O3/c1-13(20)14-8-10-21(11-9-14)18(22)19(2,3)15-6-7-16(23-4)17(12-15)24-5/h6-7,12-14H,8-11,20H2,1-5H3. The predicted octanol–water partition coefficient (Wildman–Crippen LogP) is 2.57. The summed E-state index contributed by atoms with van der Waals surface area (Å²) in [4.78, 5) is 15.0. The molecule has 1 unspecified atom stereocenters. The fourth-order valence-electron chi connectivity index (χ4n) is 3.37. The molecule has 0 bridgehead atoms. The average molecular weight is 334 g/mol. The maximum atomic E-state index is 13.1. The van der Waals surface area contributed by atoms with Crippen LogP contribution in [0.25, 0.3) is 0 Å². The SMILES string of the molecule is COc1ccc(C(C)(C)C(=O)N2CCC(C(C)N)CC2)cc1OC. The number of piperidine rings is 1. The minimum atomic E-state index is -0.610. The number of nitrogens with two attached hydrogens (primary N) is 1. The Morgan fingerprint density at radius 3 is 2.29 bits per heavy atom. The number of nitrogens with zero attached hydrogens (tertiary/aromatic N) is 1. The lowest BCUT2D eigenvalue weighted by atomic mass is 9.81. The van der Waals surface area contributed by atoms with Crippen molar-refractivity contribution in [1.82, 2.24) is 4.90 Å². The first-order valence-corrected chi connectivity index (χ1v) is 8.58. The number of amides is 1. The quantitative estimate of drug-likeness (QED) is 0.899. The number of carbonyl (C=O) groups is 1. The van der Waals surface area contributed by atoms with E-state index in [-0.39, 0.29) is 11.9 Å². The lowest BCUT2D eigenvalue weighted by Crippen LogP contribution is -2.48. The number of likely N-dealkylation sites (tertiary alicyclic amines) is 1. The molecule has 0 aliphatic carbocycles. The van der Waals surface area contributed by atoms with Crippen LogP contribution in [0.1, 0.15) is 39.2 Å². The molecule has 0 saturated carbocycles. The highest BCUT2D eigenvalue weighted by Gasteiger charge is 2.36. The third kappa shape index (κ3) is 3.66. The van der Waals surface area contributed by atoms with E-state index in [0.29, 0.717) is 17.4 Å². The molecule has 1 fully saturated rings. The molecule has 24 heavy (non-hydrogen) atoms. The zero-order valence-electron chi connectivity index (χ0n) is 15.5. The van der Waals surface area contributed by atoms with Crippen LogP contribution in [0.5, 0.6) is 11.5 Å². The molecule has 1 aromatic carbocycles. The first kappa shape index (κ1) is 18.6. The van der Waals surface area contributed by atoms with Crippen LogP contribution in [0.2, 0.25) is 0 Å². The predicted molar refractivity (Wildman–Crippen MR) is 95.5 cm³/mol. The van der Waals surface area contributed by atoms with E-state index < -0.39 is 5.41 Å². The number of ether oxygens (including phenoxy) is 2. The summed E-state index contributed by atoms with van der Waals surface area (Å²) in [6.07, 6.45) is 1.96. The van der Waals surface area contributed by atoms with E-state index in [9.17, 15) is 4.79 Å². The van der Waals surface area contributed by atoms with Crippen molar-refractivity contribution in [3.05, 3.63) is 23.8 Å². The van der Waals surface area contributed by atoms with Gasteiger partial charge in [0, 0.05) is 19.1 Å². The number of benzene rings is 1. The van der Waals surface area contributed by atoms with Crippen LogP contribution in [0.4, 0.5) is 0 Å². The molecule has 5 nitrogen and oxygen atoms in total. The Balaban J connectivity index is 2.16. The van der Waals surface area contributed by atoms with E-state index in [1.807, 2.05) is 36.9 Å². The highest BCUT2D eigenvalue weighted by Crippen LogP contribution is 2.35. The summed E-state index contributed by atoms with van der Waals surface area (Å²) in [6, 6.07) is 5.88. The summed E-state index contributed by atoms with van der Waals surface area (Å²) in [5.41, 5.74) is 6.32. The Morgan fingerprint density at radius 1 is 1.21 bits per heavy atom. The molecule has 134 valence electrons. The summed E-state index contributed by atoms with van der Waals surface area (Å²) >= 11 is 0. The van der Waals surface area contributed by atoms with Crippen molar-refractivity contribution in [3.63, 3.8) is 0 Å². The van der Waals surface area contributed by atoms with Gasteiger partial charge in [-0.25, -0.2) is 0 Å². The summed E-state index contributed by atoms with van der Waals surface area (Å²) < 4.78 is 10.7. The topological polar surface area (TPSA) is 64.8 Å². The van der Waals surface area contributed by atoms with Gasteiger partial charge in [0.05, 0.1) is 19.6 Å². The van der Waals surface area contributed by atoms with Gasteiger partial charge in [-0.15, -0.1) is 0 Å². The molecule has 1 atom stereocenters. The highest BCUT2D eigenvalue weighted by atomic mass is 16.5. The molecule has 1 aliphatic heterocycles. The molecule has 1 aromatic rings. The number of carbonyl (C=O) groups excluding carboxylic acids is 1. The van der Waals surface area contributed by atoms with Gasteiger partial charge in [0.25, 0.3) is 0 Å². The van der Waals surface area contributed by atoms with Crippen LogP contribution in [-0.2, 0) is 10.2 Å². The van der Waals surface area contributed by atoms with Crippen LogP contribution >= 0.6 is 0 Å². The van der Waals surface area contributed by atoms with Crippen molar-refractivity contribution in [3.8, 4) is 11.5 Å². The molecule has 2 rings (SSSR count). The van der Waals surface area contributed by atoms with E-state index in [1.54, 1.807) is 14.2 Å².